The van der Waals surface area contributed by atoms with Crippen molar-refractivity contribution < 1.29 is 19.4 Å². The van der Waals surface area contributed by atoms with E-state index in [1.54, 1.807) is 37.3 Å². The van der Waals surface area contributed by atoms with Crippen molar-refractivity contribution >= 4 is 35.3 Å². The van der Waals surface area contributed by atoms with Crippen LogP contribution in [0.5, 0.6) is 0 Å². The van der Waals surface area contributed by atoms with E-state index < -0.39 is 11.9 Å². The van der Waals surface area contributed by atoms with Gasteiger partial charge < -0.3 is 9.84 Å². The number of carbonyl (C=O) groups excluding carboxylic acids is 1. The lowest BCUT2D eigenvalue weighted by Crippen LogP contribution is -2.06. The zero-order chi connectivity index (χ0) is 16.1. The molecular weight excluding hydrogens is 324 g/mol. The lowest BCUT2D eigenvalue weighted by molar-refractivity contribution is 0.0521. The largest absolute Gasteiger partial charge is 0.478 e. The molecule has 0 bridgehead atoms. The summed E-state index contributed by atoms with van der Waals surface area (Å²) in [6.07, 6.45) is 0. The number of carboxylic acids is 1. The number of esters is 1. The molecular formula is C16H13ClO4S. The van der Waals surface area contributed by atoms with E-state index >= 15 is 0 Å². The minimum absolute atomic E-state index is 0.214. The van der Waals surface area contributed by atoms with Gasteiger partial charge in [0.05, 0.1) is 17.7 Å². The molecule has 22 heavy (non-hydrogen) atoms. The average Bonchev–Trinajstić information content (AvgIpc) is 2.50. The van der Waals surface area contributed by atoms with Crippen molar-refractivity contribution in [1.29, 1.82) is 0 Å². The van der Waals surface area contributed by atoms with Gasteiger partial charge >= 0.3 is 11.9 Å². The third kappa shape index (κ3) is 4.02. The normalized spacial score (nSPS) is 10.3. The van der Waals surface area contributed by atoms with Crippen molar-refractivity contribution in [1.82, 2.24) is 0 Å². The van der Waals surface area contributed by atoms with Crippen LogP contribution in [0.25, 0.3) is 0 Å². The minimum atomic E-state index is -0.977. The van der Waals surface area contributed by atoms with E-state index in [1.807, 2.05) is 0 Å². The molecule has 2 rings (SSSR count). The van der Waals surface area contributed by atoms with E-state index in [1.165, 1.54) is 23.9 Å². The van der Waals surface area contributed by atoms with Gasteiger partial charge in [0.15, 0.2) is 0 Å². The Labute approximate surface area is 137 Å². The zero-order valence-corrected chi connectivity index (χ0v) is 13.3. The van der Waals surface area contributed by atoms with Gasteiger partial charge in [-0.15, -0.1) is 0 Å². The third-order valence-corrected chi connectivity index (χ3v) is 4.08. The predicted molar refractivity (Wildman–Crippen MR) is 84.9 cm³/mol. The van der Waals surface area contributed by atoms with E-state index in [9.17, 15) is 9.59 Å². The van der Waals surface area contributed by atoms with Crippen LogP contribution in [0.2, 0.25) is 5.02 Å². The van der Waals surface area contributed by atoms with Gasteiger partial charge in [-0.2, -0.15) is 0 Å². The Hall–Kier alpha value is -1.98. The topological polar surface area (TPSA) is 63.6 Å². The van der Waals surface area contributed by atoms with Crippen molar-refractivity contribution in [3.8, 4) is 0 Å². The molecule has 2 aromatic carbocycles. The molecule has 6 heteroatoms. The van der Waals surface area contributed by atoms with Crippen LogP contribution < -0.4 is 0 Å². The summed E-state index contributed by atoms with van der Waals surface area (Å²) in [6, 6.07) is 11.4. The molecule has 1 N–H and O–H groups in total. The first-order valence-electron chi connectivity index (χ1n) is 6.49. The van der Waals surface area contributed by atoms with Crippen molar-refractivity contribution in [2.75, 3.05) is 6.61 Å². The molecule has 0 aromatic heterocycles. The van der Waals surface area contributed by atoms with Gasteiger partial charge in [-0.3, -0.25) is 0 Å². The Morgan fingerprint density at radius 1 is 1.18 bits per heavy atom. The fraction of sp³-hybridized carbons (Fsp3) is 0.125. The first-order valence-corrected chi connectivity index (χ1v) is 7.68. The molecule has 114 valence electrons. The van der Waals surface area contributed by atoms with E-state index in [4.69, 9.17) is 21.4 Å². The minimum Gasteiger partial charge on any atom is -0.478 e. The second-order valence-electron chi connectivity index (χ2n) is 4.29. The Morgan fingerprint density at radius 2 is 1.86 bits per heavy atom. The summed E-state index contributed by atoms with van der Waals surface area (Å²) in [5.74, 6) is -1.41. The summed E-state index contributed by atoms with van der Waals surface area (Å²) in [6.45, 7) is 2.02. The zero-order valence-electron chi connectivity index (χ0n) is 11.7. The molecule has 4 nitrogen and oxygen atoms in total. The Kier molecular flexibility index (Phi) is 5.46. The molecule has 0 amide bonds. The van der Waals surface area contributed by atoms with Gasteiger partial charge in [0.1, 0.15) is 0 Å². The predicted octanol–water partition coefficient (Wildman–Crippen LogP) is 4.37. The van der Waals surface area contributed by atoms with Crippen LogP contribution in [-0.2, 0) is 4.74 Å². The maximum Gasteiger partial charge on any atom is 0.339 e. The van der Waals surface area contributed by atoms with Crippen LogP contribution in [0.4, 0.5) is 0 Å². The summed E-state index contributed by atoms with van der Waals surface area (Å²) in [7, 11) is 0. The highest BCUT2D eigenvalue weighted by molar-refractivity contribution is 7.99. The van der Waals surface area contributed by atoms with Gasteiger partial charge in [-0.1, -0.05) is 23.4 Å². The monoisotopic (exact) mass is 336 g/mol. The summed E-state index contributed by atoms with van der Waals surface area (Å²) < 4.78 is 5.02. The number of benzene rings is 2. The number of carbonyl (C=O) groups is 2. The fourth-order valence-corrected chi connectivity index (χ4v) is 2.84. The first-order chi connectivity index (χ1) is 10.5. The number of halogens is 1. The number of hydrogen-bond acceptors (Lipinski definition) is 4. The quantitative estimate of drug-likeness (QED) is 0.821. The Balaban J connectivity index is 2.28. The average molecular weight is 337 g/mol. The van der Waals surface area contributed by atoms with E-state index in [2.05, 4.69) is 0 Å². The van der Waals surface area contributed by atoms with Crippen molar-refractivity contribution in [2.45, 2.75) is 16.7 Å². The molecule has 0 aliphatic heterocycles. The molecule has 0 unspecified atom stereocenters. The van der Waals surface area contributed by atoms with Crippen LogP contribution >= 0.6 is 23.4 Å². The van der Waals surface area contributed by atoms with E-state index in [-0.39, 0.29) is 12.2 Å². The third-order valence-electron chi connectivity index (χ3n) is 2.77. The van der Waals surface area contributed by atoms with Crippen molar-refractivity contribution in [3.05, 3.63) is 58.6 Å². The second kappa shape index (κ2) is 7.33. The molecule has 0 radical (unpaired) electrons. The number of carboxylic acid groups (broad SMARTS) is 1. The molecule has 0 saturated heterocycles. The Bertz CT molecular complexity index is 698. The van der Waals surface area contributed by atoms with Gasteiger partial charge in [-0.05, 0) is 49.4 Å². The first kappa shape index (κ1) is 16.4. The molecule has 0 heterocycles. The van der Waals surface area contributed by atoms with Crippen molar-refractivity contribution in [3.63, 3.8) is 0 Å². The highest BCUT2D eigenvalue weighted by atomic mass is 35.5. The SMILES string of the molecule is CCOC(=O)c1cc(Cl)ccc1Sc1ccc(C(=O)O)cc1. The highest BCUT2D eigenvalue weighted by Crippen LogP contribution is 2.32. The summed E-state index contributed by atoms with van der Waals surface area (Å²) >= 11 is 7.28. The molecule has 0 aliphatic carbocycles. The number of aromatic carboxylic acids is 1. The van der Waals surface area contributed by atoms with E-state index in [0.717, 1.165) is 4.90 Å². The smallest absolute Gasteiger partial charge is 0.339 e. The summed E-state index contributed by atoms with van der Waals surface area (Å²) in [5.41, 5.74) is 0.604. The molecule has 0 spiro atoms. The van der Waals surface area contributed by atoms with Crippen LogP contribution in [0, 0.1) is 0 Å². The van der Waals surface area contributed by atoms with Crippen LogP contribution in [0.15, 0.2) is 52.3 Å². The fourth-order valence-electron chi connectivity index (χ4n) is 1.75. The van der Waals surface area contributed by atoms with Crippen LogP contribution in [-0.4, -0.2) is 23.7 Å². The molecule has 2 aromatic rings. The molecule has 0 atom stereocenters. The van der Waals surface area contributed by atoms with Crippen LogP contribution in [0.3, 0.4) is 0 Å². The summed E-state index contributed by atoms with van der Waals surface area (Å²) in [5, 5.41) is 9.34. The lowest BCUT2D eigenvalue weighted by Gasteiger charge is -2.09. The molecule has 0 fully saturated rings. The number of rotatable bonds is 5. The standard InChI is InChI=1S/C16H13ClO4S/c1-2-21-16(20)13-9-11(17)5-8-14(13)22-12-6-3-10(4-7-12)15(18)19/h3-9H,2H2,1H3,(H,18,19). The number of hydrogen-bond donors (Lipinski definition) is 1. The van der Waals surface area contributed by atoms with Crippen molar-refractivity contribution in [2.24, 2.45) is 0 Å². The summed E-state index contributed by atoms with van der Waals surface area (Å²) in [4.78, 5) is 24.3. The van der Waals surface area contributed by atoms with Gasteiger partial charge in [0, 0.05) is 14.8 Å². The highest BCUT2D eigenvalue weighted by Gasteiger charge is 2.14. The van der Waals surface area contributed by atoms with Gasteiger partial charge in [-0.25, -0.2) is 9.59 Å². The maximum atomic E-state index is 12.0. The Morgan fingerprint density at radius 3 is 2.45 bits per heavy atom. The van der Waals surface area contributed by atoms with E-state index in [0.29, 0.717) is 15.5 Å². The van der Waals surface area contributed by atoms with Crippen LogP contribution in [0.1, 0.15) is 27.6 Å². The maximum absolute atomic E-state index is 12.0. The second-order valence-corrected chi connectivity index (χ2v) is 5.84. The molecule has 0 saturated carbocycles. The van der Waals surface area contributed by atoms with Gasteiger partial charge in [0.2, 0.25) is 0 Å². The lowest BCUT2D eigenvalue weighted by atomic mass is 10.2. The molecule has 0 aliphatic rings. The number of ether oxygens (including phenoxy) is 1. The van der Waals surface area contributed by atoms with Gasteiger partial charge in [0.25, 0.3) is 0 Å².